The average Bonchev–Trinajstić information content (AvgIpc) is 2.88. The number of hydrogen-bond acceptors (Lipinski definition) is 1. The second kappa shape index (κ2) is 10.5. The van der Waals surface area contributed by atoms with Crippen LogP contribution in [0.5, 0.6) is 0 Å². The molecular weight excluding hydrogens is 443 g/mol. The number of benzene rings is 3. The van der Waals surface area contributed by atoms with E-state index >= 15 is 0 Å². The summed E-state index contributed by atoms with van der Waals surface area (Å²) >= 11 is 0. The Morgan fingerprint density at radius 1 is 0.771 bits per heavy atom. The van der Waals surface area contributed by atoms with Crippen LogP contribution >= 0.6 is 7.26 Å². The molecule has 3 aromatic carbocycles. The van der Waals surface area contributed by atoms with Crippen molar-refractivity contribution in [3.05, 3.63) is 138 Å². The SMILES string of the molecule is CC(C=CC1=C(C)C=CC(=O)C1(C)C)=CC[P+](c1ccccc1)(c1ccccc1)c1ccccc1. The van der Waals surface area contributed by atoms with E-state index < -0.39 is 12.7 Å². The molecule has 1 nitrogen and oxygen atoms in total. The minimum absolute atomic E-state index is 0.159. The molecule has 0 heterocycles. The first-order valence-corrected chi connectivity index (χ1v) is 14.2. The van der Waals surface area contributed by atoms with E-state index in [1.807, 2.05) is 19.9 Å². The Kier molecular flexibility index (Phi) is 7.48. The van der Waals surface area contributed by atoms with Gasteiger partial charge in [0, 0.05) is 0 Å². The topological polar surface area (TPSA) is 17.1 Å². The van der Waals surface area contributed by atoms with Crippen molar-refractivity contribution in [3.63, 3.8) is 0 Å². The van der Waals surface area contributed by atoms with Crippen LogP contribution in [0.3, 0.4) is 0 Å². The first kappa shape index (κ1) is 24.8. The van der Waals surface area contributed by atoms with E-state index in [-0.39, 0.29) is 5.78 Å². The summed E-state index contributed by atoms with van der Waals surface area (Å²) in [6.45, 7) is 8.27. The zero-order valence-corrected chi connectivity index (χ0v) is 22.0. The normalized spacial score (nSPS) is 16.2. The fourth-order valence-corrected chi connectivity index (χ4v) is 8.97. The largest absolute Gasteiger partial charge is 0.294 e. The second-order valence-corrected chi connectivity index (χ2v) is 13.2. The summed E-state index contributed by atoms with van der Waals surface area (Å²) in [5, 5.41) is 4.15. The van der Waals surface area contributed by atoms with Crippen molar-refractivity contribution in [2.24, 2.45) is 5.41 Å². The molecule has 0 amide bonds. The van der Waals surface area contributed by atoms with E-state index in [1.54, 1.807) is 6.08 Å². The van der Waals surface area contributed by atoms with Crippen LogP contribution in [0.1, 0.15) is 27.7 Å². The summed E-state index contributed by atoms with van der Waals surface area (Å²) in [6.07, 6.45) is 11.2. The number of hydrogen-bond donors (Lipinski definition) is 0. The third kappa shape index (κ3) is 5.07. The van der Waals surface area contributed by atoms with Gasteiger partial charge in [-0.1, -0.05) is 78.4 Å². The van der Waals surface area contributed by atoms with Gasteiger partial charge < -0.3 is 0 Å². The van der Waals surface area contributed by atoms with Crippen molar-refractivity contribution in [3.8, 4) is 0 Å². The molecule has 0 saturated carbocycles. The Morgan fingerprint density at radius 3 is 1.69 bits per heavy atom. The molecule has 1 aliphatic rings. The van der Waals surface area contributed by atoms with Crippen LogP contribution in [0.4, 0.5) is 0 Å². The molecule has 3 aromatic rings. The maximum Gasteiger partial charge on any atom is 0.165 e. The standard InChI is InChI=1S/C33H34OP/c1-26(20-22-31-27(2)21-23-32(34)33(31,3)4)24-25-35(28-14-8-5-9-15-28,29-16-10-6-11-17-29)30-18-12-7-13-19-30/h5-24H,25H2,1-4H3/q+1. The third-order valence-electron chi connectivity index (χ3n) is 6.99. The first-order valence-electron chi connectivity index (χ1n) is 12.2. The monoisotopic (exact) mass is 477 g/mol. The van der Waals surface area contributed by atoms with E-state index in [2.05, 4.69) is 123 Å². The quantitative estimate of drug-likeness (QED) is 0.265. The average molecular weight is 478 g/mol. The van der Waals surface area contributed by atoms with E-state index in [0.29, 0.717) is 0 Å². The number of carbonyl (C=O) groups excluding carboxylic acids is 1. The molecule has 0 saturated heterocycles. The molecule has 0 fully saturated rings. The number of ketones is 1. The lowest BCUT2D eigenvalue weighted by atomic mass is 9.74. The Bertz CT molecular complexity index is 1200. The van der Waals surface area contributed by atoms with Crippen molar-refractivity contribution >= 4 is 29.0 Å². The van der Waals surface area contributed by atoms with Crippen molar-refractivity contribution in [1.82, 2.24) is 0 Å². The molecule has 0 radical (unpaired) electrons. The van der Waals surface area contributed by atoms with Gasteiger partial charge in [0.1, 0.15) is 23.2 Å². The van der Waals surface area contributed by atoms with Gasteiger partial charge in [0.25, 0.3) is 0 Å². The van der Waals surface area contributed by atoms with Crippen LogP contribution in [0.15, 0.2) is 138 Å². The van der Waals surface area contributed by atoms with Crippen LogP contribution in [0.2, 0.25) is 0 Å². The molecule has 0 bridgehead atoms. The number of rotatable bonds is 7. The van der Waals surface area contributed by atoms with Gasteiger partial charge in [-0.05, 0) is 87.4 Å². The molecule has 0 spiro atoms. The van der Waals surface area contributed by atoms with E-state index in [4.69, 9.17) is 0 Å². The van der Waals surface area contributed by atoms with Gasteiger partial charge in [-0.15, -0.1) is 0 Å². The van der Waals surface area contributed by atoms with Crippen LogP contribution in [0.25, 0.3) is 0 Å². The van der Waals surface area contributed by atoms with Crippen molar-refractivity contribution in [2.45, 2.75) is 27.7 Å². The van der Waals surface area contributed by atoms with Crippen LogP contribution < -0.4 is 15.9 Å². The van der Waals surface area contributed by atoms with Gasteiger partial charge in [0.15, 0.2) is 5.78 Å². The molecule has 176 valence electrons. The van der Waals surface area contributed by atoms with E-state index in [9.17, 15) is 4.79 Å². The van der Waals surface area contributed by atoms with Gasteiger partial charge in [-0.25, -0.2) is 0 Å². The van der Waals surface area contributed by atoms with Gasteiger partial charge in [-0.3, -0.25) is 4.79 Å². The Labute approximate surface area is 211 Å². The predicted octanol–water partition coefficient (Wildman–Crippen LogP) is 6.96. The highest BCUT2D eigenvalue weighted by molar-refractivity contribution is 7.95. The van der Waals surface area contributed by atoms with Crippen molar-refractivity contribution in [2.75, 3.05) is 6.16 Å². The predicted molar refractivity (Wildman–Crippen MR) is 154 cm³/mol. The van der Waals surface area contributed by atoms with Gasteiger partial charge in [-0.2, -0.15) is 0 Å². The summed E-state index contributed by atoms with van der Waals surface area (Å²) in [5.41, 5.74) is 2.95. The second-order valence-electron chi connectivity index (χ2n) is 9.70. The zero-order chi connectivity index (χ0) is 24.9. The molecule has 0 atom stereocenters. The van der Waals surface area contributed by atoms with E-state index in [1.165, 1.54) is 21.5 Å². The zero-order valence-electron chi connectivity index (χ0n) is 21.1. The summed E-state index contributed by atoms with van der Waals surface area (Å²) in [5.74, 6) is 0.159. The lowest BCUT2D eigenvalue weighted by Gasteiger charge is -2.28. The van der Waals surface area contributed by atoms with Crippen LogP contribution in [-0.2, 0) is 4.79 Å². The molecule has 0 N–H and O–H groups in total. The fraction of sp³-hybridized carbons (Fsp3) is 0.182. The molecule has 0 aliphatic heterocycles. The summed E-state index contributed by atoms with van der Waals surface area (Å²) in [6, 6.07) is 32.9. The molecular formula is C33H34OP+. The van der Waals surface area contributed by atoms with Gasteiger partial charge in [0.05, 0.1) is 11.6 Å². The molecule has 2 heteroatoms. The minimum Gasteiger partial charge on any atom is -0.294 e. The minimum atomic E-state index is -1.90. The number of allylic oxidation sites excluding steroid dienone is 8. The molecule has 4 rings (SSSR count). The maximum atomic E-state index is 12.5. The van der Waals surface area contributed by atoms with E-state index in [0.717, 1.165) is 17.3 Å². The Balaban J connectivity index is 1.78. The Hall–Kier alpha value is -3.28. The van der Waals surface area contributed by atoms with Crippen molar-refractivity contribution < 1.29 is 4.79 Å². The smallest absolute Gasteiger partial charge is 0.165 e. The highest BCUT2D eigenvalue weighted by Gasteiger charge is 2.44. The fourth-order valence-electron chi connectivity index (χ4n) is 4.84. The third-order valence-corrected chi connectivity index (χ3v) is 11.3. The molecule has 35 heavy (non-hydrogen) atoms. The molecule has 0 aromatic heterocycles. The van der Waals surface area contributed by atoms with Crippen LogP contribution in [0, 0.1) is 5.41 Å². The van der Waals surface area contributed by atoms with Gasteiger partial charge >= 0.3 is 0 Å². The summed E-state index contributed by atoms with van der Waals surface area (Å²) in [4.78, 5) is 12.5. The summed E-state index contributed by atoms with van der Waals surface area (Å²) < 4.78 is 0. The summed E-state index contributed by atoms with van der Waals surface area (Å²) in [7, 11) is -1.90. The highest BCUT2D eigenvalue weighted by Crippen LogP contribution is 2.55. The Morgan fingerprint density at radius 2 is 1.23 bits per heavy atom. The van der Waals surface area contributed by atoms with Gasteiger partial charge in [0.2, 0.25) is 0 Å². The molecule has 1 aliphatic carbocycles. The first-order chi connectivity index (χ1) is 16.9. The lowest BCUT2D eigenvalue weighted by Crippen LogP contribution is -2.33. The van der Waals surface area contributed by atoms with Crippen molar-refractivity contribution in [1.29, 1.82) is 0 Å². The number of carbonyl (C=O) groups is 1. The maximum absolute atomic E-state index is 12.5. The van der Waals surface area contributed by atoms with Crippen LogP contribution in [-0.4, -0.2) is 11.9 Å². The highest BCUT2D eigenvalue weighted by atomic mass is 31.2. The lowest BCUT2D eigenvalue weighted by molar-refractivity contribution is -0.120. The molecule has 0 unspecified atom stereocenters.